The molecule has 1 unspecified atom stereocenters. The van der Waals surface area contributed by atoms with Crippen molar-refractivity contribution in [2.24, 2.45) is 0 Å². The zero-order valence-electron chi connectivity index (χ0n) is 17.1. The molecule has 8 nitrogen and oxygen atoms in total. The van der Waals surface area contributed by atoms with Gasteiger partial charge in [-0.2, -0.15) is 0 Å². The summed E-state index contributed by atoms with van der Waals surface area (Å²) in [6.07, 6.45) is -0.0745. The Balaban J connectivity index is 1.76. The van der Waals surface area contributed by atoms with Gasteiger partial charge in [0.15, 0.2) is 0 Å². The number of rotatable bonds is 7. The first-order valence-corrected chi connectivity index (χ1v) is 12.5. The molecule has 1 fully saturated rings. The topological polar surface area (TPSA) is 104 Å². The van der Waals surface area contributed by atoms with Crippen LogP contribution in [0.4, 0.5) is 5.69 Å². The number of carbonyl (C=O) groups is 1. The molecule has 30 heavy (non-hydrogen) atoms. The van der Waals surface area contributed by atoms with Crippen LogP contribution in [0.2, 0.25) is 0 Å². The number of benzene rings is 2. The molecule has 1 atom stereocenters. The van der Waals surface area contributed by atoms with Crippen molar-refractivity contribution in [1.82, 2.24) is 9.62 Å². The second-order valence-electron chi connectivity index (χ2n) is 7.46. The highest BCUT2D eigenvalue weighted by Gasteiger charge is 2.36. The fourth-order valence-electron chi connectivity index (χ4n) is 3.29. The molecule has 0 spiro atoms. The largest absolute Gasteiger partial charge is 0.301 e. The molecular formula is C20H25N3O5S2. The summed E-state index contributed by atoms with van der Waals surface area (Å²) in [4.78, 5) is 13.8. The molecule has 1 N–H and O–H groups in total. The van der Waals surface area contributed by atoms with Gasteiger partial charge in [0, 0.05) is 19.0 Å². The number of amides is 1. The van der Waals surface area contributed by atoms with Gasteiger partial charge in [-0.05, 0) is 50.8 Å². The van der Waals surface area contributed by atoms with Gasteiger partial charge < -0.3 is 4.90 Å². The van der Waals surface area contributed by atoms with Gasteiger partial charge in [0.1, 0.15) is 0 Å². The van der Waals surface area contributed by atoms with Crippen molar-refractivity contribution in [3.8, 4) is 0 Å². The zero-order chi connectivity index (χ0) is 22.1. The fraction of sp³-hybridized carbons (Fsp3) is 0.350. The SMILES string of the molecule is Cc1ccc(C(CNS(=O)(=O)c2ccc(N3C(=O)CCS3(=O)=O)cc2)N(C)C)cc1. The van der Waals surface area contributed by atoms with Crippen LogP contribution in [0.3, 0.4) is 0 Å². The second kappa shape index (κ2) is 8.46. The third-order valence-electron chi connectivity index (χ3n) is 5.01. The molecular weight excluding hydrogens is 426 g/mol. The molecule has 0 aromatic heterocycles. The number of hydrogen-bond acceptors (Lipinski definition) is 6. The van der Waals surface area contributed by atoms with E-state index >= 15 is 0 Å². The van der Waals surface area contributed by atoms with E-state index in [1.54, 1.807) is 0 Å². The van der Waals surface area contributed by atoms with Crippen molar-refractivity contribution in [2.75, 3.05) is 30.7 Å². The highest BCUT2D eigenvalue weighted by Crippen LogP contribution is 2.26. The predicted molar refractivity (Wildman–Crippen MR) is 115 cm³/mol. The van der Waals surface area contributed by atoms with E-state index in [9.17, 15) is 21.6 Å². The maximum atomic E-state index is 12.7. The maximum Gasteiger partial charge on any atom is 0.242 e. The van der Waals surface area contributed by atoms with E-state index < -0.39 is 26.0 Å². The minimum absolute atomic E-state index is 0.00305. The molecule has 1 heterocycles. The average Bonchev–Trinajstić information content (AvgIpc) is 2.95. The number of nitrogens with one attached hydrogen (secondary N) is 1. The molecule has 0 radical (unpaired) electrons. The number of likely N-dealkylation sites (N-methyl/N-ethyl adjacent to an activating group) is 1. The molecule has 10 heteroatoms. The lowest BCUT2D eigenvalue weighted by Gasteiger charge is -2.25. The first-order chi connectivity index (χ1) is 14.0. The lowest BCUT2D eigenvalue weighted by Crippen LogP contribution is -2.34. The summed E-state index contributed by atoms with van der Waals surface area (Å²) in [5.41, 5.74) is 2.25. The molecule has 0 aliphatic carbocycles. The summed E-state index contributed by atoms with van der Waals surface area (Å²) in [5, 5.41) is 0. The van der Waals surface area contributed by atoms with E-state index in [4.69, 9.17) is 0 Å². The van der Waals surface area contributed by atoms with Crippen molar-refractivity contribution in [3.63, 3.8) is 0 Å². The molecule has 162 valence electrons. The Kier molecular flexibility index (Phi) is 6.32. The fourth-order valence-corrected chi connectivity index (χ4v) is 5.79. The summed E-state index contributed by atoms with van der Waals surface area (Å²) < 4.78 is 52.9. The van der Waals surface area contributed by atoms with E-state index in [1.165, 1.54) is 24.3 Å². The quantitative estimate of drug-likeness (QED) is 0.686. The minimum Gasteiger partial charge on any atom is -0.301 e. The van der Waals surface area contributed by atoms with Crippen LogP contribution >= 0.6 is 0 Å². The van der Waals surface area contributed by atoms with E-state index in [2.05, 4.69) is 4.72 Å². The second-order valence-corrected chi connectivity index (χ2v) is 11.2. The zero-order valence-corrected chi connectivity index (χ0v) is 18.7. The van der Waals surface area contributed by atoms with Gasteiger partial charge in [0.2, 0.25) is 26.0 Å². The van der Waals surface area contributed by atoms with Crippen LogP contribution < -0.4 is 9.03 Å². The molecule has 0 saturated carbocycles. The van der Waals surface area contributed by atoms with Crippen LogP contribution in [0, 0.1) is 6.92 Å². The van der Waals surface area contributed by atoms with Crippen molar-refractivity contribution in [3.05, 3.63) is 59.7 Å². The van der Waals surface area contributed by atoms with Gasteiger partial charge in [0.25, 0.3) is 0 Å². The van der Waals surface area contributed by atoms with Crippen LogP contribution in [0.25, 0.3) is 0 Å². The Hall–Kier alpha value is -2.27. The number of aryl methyl sites for hydroxylation is 1. The van der Waals surface area contributed by atoms with Crippen LogP contribution in [0.1, 0.15) is 23.6 Å². The maximum absolute atomic E-state index is 12.7. The minimum atomic E-state index is -3.82. The van der Waals surface area contributed by atoms with Gasteiger partial charge >= 0.3 is 0 Å². The van der Waals surface area contributed by atoms with E-state index in [-0.39, 0.29) is 35.3 Å². The first kappa shape index (κ1) is 22.4. The van der Waals surface area contributed by atoms with Crippen molar-refractivity contribution in [2.45, 2.75) is 24.3 Å². The lowest BCUT2D eigenvalue weighted by atomic mass is 10.0. The van der Waals surface area contributed by atoms with Crippen LogP contribution in [-0.2, 0) is 24.8 Å². The summed E-state index contributed by atoms with van der Waals surface area (Å²) in [6.45, 7) is 2.15. The predicted octanol–water partition coefficient (Wildman–Crippen LogP) is 1.64. The standard InChI is InChI=1S/C20H25N3O5S2/c1-15-4-6-16(7-5-15)19(22(2)3)14-21-30(27,28)18-10-8-17(9-11-18)23-20(24)12-13-29(23,25)26/h4-11,19,21H,12-14H2,1-3H3. The average molecular weight is 452 g/mol. The van der Waals surface area contributed by atoms with Gasteiger partial charge in [-0.25, -0.2) is 25.9 Å². The number of carbonyl (C=O) groups excluding carboxylic acids is 1. The van der Waals surface area contributed by atoms with Gasteiger partial charge in [-0.15, -0.1) is 0 Å². The monoisotopic (exact) mass is 451 g/mol. The molecule has 0 bridgehead atoms. The number of sulfonamides is 2. The van der Waals surface area contributed by atoms with Crippen molar-refractivity contribution in [1.29, 1.82) is 0 Å². The molecule has 1 amide bonds. The summed E-state index contributed by atoms with van der Waals surface area (Å²) in [6, 6.07) is 13.0. The number of hydrogen-bond donors (Lipinski definition) is 1. The van der Waals surface area contributed by atoms with E-state index in [0.29, 0.717) is 0 Å². The first-order valence-electron chi connectivity index (χ1n) is 9.40. The molecule has 3 rings (SSSR count). The Labute approximate surface area is 177 Å². The third-order valence-corrected chi connectivity index (χ3v) is 8.14. The van der Waals surface area contributed by atoms with Crippen molar-refractivity contribution < 1.29 is 21.6 Å². The molecule has 1 aliphatic rings. The summed E-state index contributed by atoms with van der Waals surface area (Å²) >= 11 is 0. The van der Waals surface area contributed by atoms with Crippen LogP contribution in [0.5, 0.6) is 0 Å². The Morgan fingerprint density at radius 1 is 1.07 bits per heavy atom. The third kappa shape index (κ3) is 4.72. The summed E-state index contributed by atoms with van der Waals surface area (Å²) in [7, 11) is -3.75. The van der Waals surface area contributed by atoms with Gasteiger partial charge in [0.05, 0.1) is 16.3 Å². The number of anilines is 1. The summed E-state index contributed by atoms with van der Waals surface area (Å²) in [5.74, 6) is -0.756. The van der Waals surface area contributed by atoms with E-state index in [0.717, 1.165) is 15.4 Å². The Morgan fingerprint density at radius 3 is 2.17 bits per heavy atom. The molecule has 2 aromatic rings. The van der Waals surface area contributed by atoms with Crippen molar-refractivity contribution >= 4 is 31.6 Å². The molecule has 2 aromatic carbocycles. The highest BCUT2D eigenvalue weighted by molar-refractivity contribution is 7.94. The van der Waals surface area contributed by atoms with Crippen LogP contribution in [-0.4, -0.2) is 54.0 Å². The van der Waals surface area contributed by atoms with Gasteiger partial charge in [-0.1, -0.05) is 29.8 Å². The number of nitrogens with zero attached hydrogens (tertiary/aromatic N) is 2. The van der Waals surface area contributed by atoms with E-state index in [1.807, 2.05) is 50.2 Å². The Morgan fingerprint density at radius 2 is 1.67 bits per heavy atom. The van der Waals surface area contributed by atoms with Crippen LogP contribution in [0.15, 0.2) is 53.4 Å². The smallest absolute Gasteiger partial charge is 0.242 e. The van der Waals surface area contributed by atoms with Gasteiger partial charge in [-0.3, -0.25) is 4.79 Å². The molecule has 1 aliphatic heterocycles. The normalized spacial score (nSPS) is 17.5. The Bertz CT molecular complexity index is 1130. The lowest BCUT2D eigenvalue weighted by molar-refractivity contribution is -0.116. The highest BCUT2D eigenvalue weighted by atomic mass is 32.2. The molecule has 1 saturated heterocycles.